The van der Waals surface area contributed by atoms with E-state index in [1.165, 1.54) is 7.11 Å². The average molecular weight is 458 g/mol. The Labute approximate surface area is 194 Å². The van der Waals surface area contributed by atoms with Crippen LogP contribution in [0.4, 0.5) is 11.4 Å². The number of amides is 2. The van der Waals surface area contributed by atoms with Gasteiger partial charge in [0.25, 0.3) is 17.0 Å². The number of hydrogen-bond donors (Lipinski definition) is 3. The van der Waals surface area contributed by atoms with Gasteiger partial charge in [-0.05, 0) is 48.5 Å². The maximum atomic E-state index is 12.5. The molecule has 9 heteroatoms. The fourth-order valence-corrected chi connectivity index (χ4v) is 3.49. The summed E-state index contributed by atoms with van der Waals surface area (Å²) in [4.78, 5) is 49.6. The maximum absolute atomic E-state index is 12.5. The van der Waals surface area contributed by atoms with Crippen molar-refractivity contribution < 1.29 is 14.3 Å². The van der Waals surface area contributed by atoms with Gasteiger partial charge in [-0.3, -0.25) is 24.3 Å². The number of nitrogens with one attached hydrogen (secondary N) is 3. The lowest BCUT2D eigenvalue weighted by Gasteiger charge is -2.11. The van der Waals surface area contributed by atoms with E-state index in [4.69, 9.17) is 4.74 Å². The van der Waals surface area contributed by atoms with Crippen LogP contribution in [-0.4, -0.2) is 28.7 Å². The minimum Gasteiger partial charge on any atom is -0.495 e. The van der Waals surface area contributed by atoms with Crippen LogP contribution in [0.25, 0.3) is 10.8 Å². The van der Waals surface area contributed by atoms with Crippen molar-refractivity contribution in [2.45, 2.75) is 13.0 Å². The second-order valence-corrected chi connectivity index (χ2v) is 7.47. The molecule has 1 aromatic heterocycles. The molecule has 0 bridgehead atoms. The van der Waals surface area contributed by atoms with Crippen molar-refractivity contribution in [1.29, 1.82) is 0 Å². The number of carbonyl (C=O) groups excluding carboxylic acids is 2. The van der Waals surface area contributed by atoms with Gasteiger partial charge in [-0.2, -0.15) is 0 Å². The molecule has 0 aliphatic heterocycles. The fraction of sp³-hybridized carbons (Fsp3) is 0.120. The molecule has 0 spiro atoms. The van der Waals surface area contributed by atoms with Gasteiger partial charge in [0.2, 0.25) is 5.91 Å². The van der Waals surface area contributed by atoms with E-state index in [2.05, 4.69) is 15.7 Å². The largest absolute Gasteiger partial charge is 0.495 e. The lowest BCUT2D eigenvalue weighted by Crippen LogP contribution is -2.31. The summed E-state index contributed by atoms with van der Waals surface area (Å²) in [6.07, 6.45) is -0.0236. The quantitative estimate of drug-likeness (QED) is 0.393. The van der Waals surface area contributed by atoms with Gasteiger partial charge in [-0.25, -0.2) is 4.68 Å². The number of methoxy groups -OCH3 is 1. The normalized spacial score (nSPS) is 10.6. The number of H-pyrrole nitrogens is 1. The third-order valence-electron chi connectivity index (χ3n) is 5.23. The predicted octanol–water partition coefficient (Wildman–Crippen LogP) is 2.98. The number of aromatic nitrogens is 2. The molecule has 0 fully saturated rings. The number of para-hydroxylation sites is 2. The second-order valence-electron chi connectivity index (χ2n) is 7.47. The molecule has 2 amide bonds. The first kappa shape index (κ1) is 22.5. The van der Waals surface area contributed by atoms with Gasteiger partial charge in [-0.15, -0.1) is 0 Å². The van der Waals surface area contributed by atoms with E-state index in [1.54, 1.807) is 72.8 Å². The number of aromatic amines is 1. The van der Waals surface area contributed by atoms with E-state index in [1.807, 2.05) is 0 Å². The Balaban J connectivity index is 1.37. The van der Waals surface area contributed by atoms with Crippen LogP contribution in [0.15, 0.2) is 82.4 Å². The number of benzene rings is 3. The molecule has 3 N–H and O–H groups in total. The van der Waals surface area contributed by atoms with Crippen molar-refractivity contribution in [3.05, 3.63) is 99.1 Å². The summed E-state index contributed by atoms with van der Waals surface area (Å²) in [5.41, 5.74) is 0.697. The van der Waals surface area contributed by atoms with Gasteiger partial charge in [0.05, 0.1) is 30.1 Å². The highest BCUT2D eigenvalue weighted by molar-refractivity contribution is 6.05. The van der Waals surface area contributed by atoms with Gasteiger partial charge >= 0.3 is 0 Å². The molecule has 0 radical (unpaired) electrons. The molecule has 34 heavy (non-hydrogen) atoms. The Morgan fingerprint density at radius 3 is 2.29 bits per heavy atom. The lowest BCUT2D eigenvalue weighted by molar-refractivity contribution is -0.116. The SMILES string of the molecule is COc1ccccc1NC(=O)c1ccc(NC(=O)CCn2[nH]c(=O)c3ccccc3c2=O)cc1. The summed E-state index contributed by atoms with van der Waals surface area (Å²) in [6.45, 7) is 0.0180. The predicted molar refractivity (Wildman–Crippen MR) is 129 cm³/mol. The first-order valence-electron chi connectivity index (χ1n) is 10.5. The van der Waals surface area contributed by atoms with Crippen LogP contribution in [-0.2, 0) is 11.3 Å². The molecule has 3 aromatic carbocycles. The zero-order valence-corrected chi connectivity index (χ0v) is 18.3. The van der Waals surface area contributed by atoms with Crippen LogP contribution in [0.2, 0.25) is 0 Å². The average Bonchev–Trinajstić information content (AvgIpc) is 2.86. The van der Waals surface area contributed by atoms with Crippen LogP contribution in [0.1, 0.15) is 16.8 Å². The summed E-state index contributed by atoms with van der Waals surface area (Å²) in [7, 11) is 1.52. The van der Waals surface area contributed by atoms with Crippen LogP contribution in [0.3, 0.4) is 0 Å². The van der Waals surface area contributed by atoms with Gasteiger partial charge < -0.3 is 15.4 Å². The number of aryl methyl sites for hydroxylation is 1. The molecule has 172 valence electrons. The van der Waals surface area contributed by atoms with Crippen molar-refractivity contribution in [2.24, 2.45) is 0 Å². The van der Waals surface area contributed by atoms with Crippen LogP contribution < -0.4 is 26.5 Å². The summed E-state index contributed by atoms with van der Waals surface area (Å²) in [5, 5.41) is 8.61. The topological polar surface area (TPSA) is 122 Å². The van der Waals surface area contributed by atoms with Gasteiger partial charge in [0, 0.05) is 17.7 Å². The minimum absolute atomic E-state index is 0.0180. The maximum Gasteiger partial charge on any atom is 0.273 e. The molecule has 4 rings (SSSR count). The Kier molecular flexibility index (Phi) is 6.54. The summed E-state index contributed by atoms with van der Waals surface area (Å²) in [5.74, 6) is -0.110. The van der Waals surface area contributed by atoms with Gasteiger partial charge in [-0.1, -0.05) is 24.3 Å². The van der Waals surface area contributed by atoms with E-state index < -0.39 is 5.56 Å². The van der Waals surface area contributed by atoms with Gasteiger partial charge in [0.1, 0.15) is 5.75 Å². The Morgan fingerprint density at radius 1 is 0.882 bits per heavy atom. The summed E-state index contributed by atoms with van der Waals surface area (Å²) >= 11 is 0. The molecule has 0 aliphatic rings. The van der Waals surface area contributed by atoms with Crippen molar-refractivity contribution >= 4 is 34.0 Å². The van der Waals surface area contributed by atoms with Crippen molar-refractivity contribution in [2.75, 3.05) is 17.7 Å². The van der Waals surface area contributed by atoms with Crippen molar-refractivity contribution in [1.82, 2.24) is 9.78 Å². The molecule has 1 heterocycles. The molecule has 9 nitrogen and oxygen atoms in total. The zero-order valence-electron chi connectivity index (χ0n) is 18.3. The van der Waals surface area contributed by atoms with E-state index in [0.29, 0.717) is 33.5 Å². The highest BCUT2D eigenvalue weighted by atomic mass is 16.5. The minimum atomic E-state index is -0.391. The Morgan fingerprint density at radius 2 is 1.56 bits per heavy atom. The zero-order chi connectivity index (χ0) is 24.1. The standard InChI is InChI=1S/C25H22N4O5/c1-34-21-9-5-4-8-20(21)27-23(31)16-10-12-17(13-11-16)26-22(30)14-15-29-25(33)19-7-3-2-6-18(19)24(32)28-29/h2-13H,14-15H2,1H3,(H,26,30)(H,27,31)(H,28,32). The highest BCUT2D eigenvalue weighted by Gasteiger charge is 2.11. The smallest absolute Gasteiger partial charge is 0.273 e. The fourth-order valence-electron chi connectivity index (χ4n) is 3.49. The van der Waals surface area contributed by atoms with Crippen molar-refractivity contribution in [3.63, 3.8) is 0 Å². The Bertz CT molecular complexity index is 1470. The number of carbonyl (C=O) groups is 2. The first-order valence-corrected chi connectivity index (χ1v) is 10.5. The first-order chi connectivity index (χ1) is 16.5. The van der Waals surface area contributed by atoms with Crippen molar-refractivity contribution in [3.8, 4) is 5.75 Å². The lowest BCUT2D eigenvalue weighted by atomic mass is 10.2. The molecular weight excluding hydrogens is 436 g/mol. The molecule has 0 aliphatic carbocycles. The number of nitrogens with zero attached hydrogens (tertiary/aromatic N) is 1. The molecule has 0 saturated heterocycles. The van der Waals surface area contributed by atoms with Crippen LogP contribution in [0, 0.1) is 0 Å². The molecule has 0 unspecified atom stereocenters. The van der Waals surface area contributed by atoms with Crippen LogP contribution >= 0.6 is 0 Å². The molecular formula is C25H22N4O5. The number of anilines is 2. The van der Waals surface area contributed by atoms with E-state index in [0.717, 1.165) is 4.68 Å². The van der Waals surface area contributed by atoms with E-state index in [-0.39, 0.29) is 30.3 Å². The van der Waals surface area contributed by atoms with E-state index in [9.17, 15) is 19.2 Å². The third kappa shape index (κ3) is 4.88. The summed E-state index contributed by atoms with van der Waals surface area (Å²) in [6, 6.07) is 20.0. The van der Waals surface area contributed by atoms with Gasteiger partial charge in [0.15, 0.2) is 0 Å². The number of rotatable bonds is 7. The highest BCUT2D eigenvalue weighted by Crippen LogP contribution is 2.23. The Hall–Kier alpha value is -4.66. The second kappa shape index (κ2) is 9.86. The molecule has 0 atom stereocenters. The number of fused-ring (bicyclic) bond motifs is 1. The summed E-state index contributed by atoms with van der Waals surface area (Å²) < 4.78 is 6.37. The molecule has 0 saturated carbocycles. The monoisotopic (exact) mass is 458 g/mol. The van der Waals surface area contributed by atoms with Crippen LogP contribution in [0.5, 0.6) is 5.75 Å². The molecule has 4 aromatic rings. The number of hydrogen-bond acceptors (Lipinski definition) is 5. The van der Waals surface area contributed by atoms with E-state index >= 15 is 0 Å². The third-order valence-corrected chi connectivity index (χ3v) is 5.23. The number of ether oxygens (including phenoxy) is 1.